The van der Waals surface area contributed by atoms with Crippen LogP contribution in [-0.4, -0.2) is 57.2 Å². The first-order valence-electron chi connectivity index (χ1n) is 7.69. The molecule has 1 aromatic rings. The van der Waals surface area contributed by atoms with E-state index in [4.69, 9.17) is 15.9 Å². The fourth-order valence-corrected chi connectivity index (χ4v) is 2.02. The number of phenols is 1. The van der Waals surface area contributed by atoms with Gasteiger partial charge in [0.1, 0.15) is 17.8 Å². The van der Waals surface area contributed by atoms with Crippen molar-refractivity contribution in [2.75, 3.05) is 0 Å². The number of carbonyl (C=O) groups is 4. The Balaban J connectivity index is 2.74. The van der Waals surface area contributed by atoms with Gasteiger partial charge in [-0.3, -0.25) is 19.2 Å². The number of rotatable bonds is 9. The number of amides is 2. The van der Waals surface area contributed by atoms with Crippen LogP contribution < -0.4 is 16.4 Å². The summed E-state index contributed by atoms with van der Waals surface area (Å²) in [5.74, 6) is -4.30. The summed E-state index contributed by atoms with van der Waals surface area (Å²) in [7, 11) is 0. The van der Waals surface area contributed by atoms with Crippen LogP contribution in [0.5, 0.6) is 5.75 Å². The Hall–Kier alpha value is -3.14. The summed E-state index contributed by atoms with van der Waals surface area (Å²) < 4.78 is 0. The van der Waals surface area contributed by atoms with E-state index in [1.807, 2.05) is 0 Å². The summed E-state index contributed by atoms with van der Waals surface area (Å²) in [6, 6.07) is 2.20. The van der Waals surface area contributed by atoms with Crippen molar-refractivity contribution in [1.82, 2.24) is 10.6 Å². The van der Waals surface area contributed by atoms with E-state index >= 15 is 0 Å². The van der Waals surface area contributed by atoms with Crippen LogP contribution in [-0.2, 0) is 25.6 Å². The number of phenolic OH excluding ortho intramolecular Hbond substituents is 1. The summed E-state index contributed by atoms with van der Waals surface area (Å²) >= 11 is 0. The van der Waals surface area contributed by atoms with Crippen LogP contribution in [0.2, 0.25) is 0 Å². The highest BCUT2D eigenvalue weighted by molar-refractivity contribution is 5.93. The smallest absolute Gasteiger partial charge is 0.325 e. The number of carbonyl (C=O) groups excluding carboxylic acids is 2. The van der Waals surface area contributed by atoms with E-state index in [0.29, 0.717) is 5.56 Å². The van der Waals surface area contributed by atoms with E-state index < -0.39 is 48.3 Å². The molecular weight excluding hydrogens is 346 g/mol. The number of benzene rings is 1. The third-order valence-electron chi connectivity index (χ3n) is 3.47. The van der Waals surface area contributed by atoms with Crippen molar-refractivity contribution in [3.8, 4) is 5.75 Å². The van der Waals surface area contributed by atoms with Gasteiger partial charge in [0.2, 0.25) is 11.8 Å². The van der Waals surface area contributed by atoms with E-state index in [2.05, 4.69) is 10.6 Å². The van der Waals surface area contributed by atoms with Crippen LogP contribution in [0.1, 0.15) is 18.9 Å². The second-order valence-electron chi connectivity index (χ2n) is 5.70. The number of carboxylic acids is 2. The van der Waals surface area contributed by atoms with Gasteiger partial charge >= 0.3 is 11.9 Å². The van der Waals surface area contributed by atoms with Crippen LogP contribution in [0.25, 0.3) is 0 Å². The number of nitrogens with one attached hydrogen (secondary N) is 2. The van der Waals surface area contributed by atoms with Gasteiger partial charge in [-0.1, -0.05) is 12.1 Å². The van der Waals surface area contributed by atoms with E-state index in [-0.39, 0.29) is 12.2 Å². The molecule has 0 saturated heterocycles. The average molecular weight is 367 g/mol. The summed E-state index contributed by atoms with van der Waals surface area (Å²) in [5, 5.41) is 31.2. The van der Waals surface area contributed by atoms with Gasteiger partial charge in [-0.2, -0.15) is 0 Å². The van der Waals surface area contributed by atoms with Gasteiger partial charge < -0.3 is 31.7 Å². The Morgan fingerprint density at radius 2 is 1.62 bits per heavy atom. The van der Waals surface area contributed by atoms with Crippen LogP contribution in [0.4, 0.5) is 0 Å². The molecule has 0 heterocycles. The maximum Gasteiger partial charge on any atom is 0.325 e. The minimum absolute atomic E-state index is 0.0533. The number of hydrogen-bond donors (Lipinski definition) is 6. The van der Waals surface area contributed by atoms with Crippen molar-refractivity contribution in [1.29, 1.82) is 0 Å². The summed E-state index contributed by atoms with van der Waals surface area (Å²) in [6.07, 6.45) is -0.630. The summed E-state index contributed by atoms with van der Waals surface area (Å²) in [6.45, 7) is 1.20. The third kappa shape index (κ3) is 6.77. The molecule has 0 saturated carbocycles. The highest BCUT2D eigenvalue weighted by Gasteiger charge is 2.28. The zero-order valence-corrected chi connectivity index (χ0v) is 14.0. The Labute approximate surface area is 149 Å². The van der Waals surface area contributed by atoms with E-state index in [0.717, 1.165) is 0 Å². The predicted molar refractivity (Wildman–Crippen MR) is 89.2 cm³/mol. The molecule has 1 aromatic carbocycles. The van der Waals surface area contributed by atoms with Crippen LogP contribution in [0.3, 0.4) is 0 Å². The van der Waals surface area contributed by atoms with Crippen molar-refractivity contribution in [3.05, 3.63) is 29.8 Å². The van der Waals surface area contributed by atoms with Crippen LogP contribution in [0, 0.1) is 0 Å². The van der Waals surface area contributed by atoms with E-state index in [1.165, 1.54) is 19.1 Å². The molecule has 10 heteroatoms. The summed E-state index contributed by atoms with van der Waals surface area (Å²) in [4.78, 5) is 45.9. The standard InChI is InChI=1S/C16H21N3O7/c1-8(16(25)26)18-15(24)12(7-13(21)22)19-14(23)11(17)6-9-2-4-10(20)5-3-9/h2-5,8,11-12,20H,6-7,17H2,1H3,(H,18,24)(H,19,23)(H,21,22)(H,25,26)/t8-,11-,12-/m0/s1. The molecule has 1 rings (SSSR count). The van der Waals surface area contributed by atoms with Crippen molar-refractivity contribution >= 4 is 23.8 Å². The molecule has 0 aliphatic carbocycles. The Morgan fingerprint density at radius 3 is 2.12 bits per heavy atom. The SMILES string of the molecule is C[C@H](NC(=O)[C@H](CC(=O)O)NC(=O)[C@@H](N)Cc1ccc(O)cc1)C(=O)O. The van der Waals surface area contributed by atoms with Crippen molar-refractivity contribution < 1.29 is 34.5 Å². The molecule has 3 atom stereocenters. The number of hydrogen-bond acceptors (Lipinski definition) is 6. The molecule has 7 N–H and O–H groups in total. The molecule has 0 bridgehead atoms. The van der Waals surface area contributed by atoms with Crippen molar-refractivity contribution in [3.63, 3.8) is 0 Å². The molecule has 26 heavy (non-hydrogen) atoms. The fraction of sp³-hybridized carbons (Fsp3) is 0.375. The van der Waals surface area contributed by atoms with Gasteiger partial charge in [0.25, 0.3) is 0 Å². The molecule has 0 fully saturated rings. The normalized spacial score (nSPS) is 13.9. The predicted octanol–water partition coefficient (Wildman–Crippen LogP) is -1.19. The minimum Gasteiger partial charge on any atom is -0.508 e. The molecular formula is C16H21N3O7. The van der Waals surface area contributed by atoms with Crippen LogP contribution >= 0.6 is 0 Å². The van der Waals surface area contributed by atoms with Gasteiger partial charge in [-0.25, -0.2) is 0 Å². The van der Waals surface area contributed by atoms with E-state index in [9.17, 15) is 24.3 Å². The molecule has 142 valence electrons. The molecule has 0 spiro atoms. The zero-order valence-electron chi connectivity index (χ0n) is 14.0. The average Bonchev–Trinajstić information content (AvgIpc) is 2.55. The van der Waals surface area contributed by atoms with Gasteiger partial charge in [-0.05, 0) is 31.0 Å². The van der Waals surface area contributed by atoms with Gasteiger partial charge in [-0.15, -0.1) is 0 Å². The molecule has 0 radical (unpaired) electrons. The van der Waals surface area contributed by atoms with Gasteiger partial charge in [0.05, 0.1) is 12.5 Å². The highest BCUT2D eigenvalue weighted by atomic mass is 16.4. The fourth-order valence-electron chi connectivity index (χ4n) is 2.02. The lowest BCUT2D eigenvalue weighted by atomic mass is 10.0. The molecule has 0 aromatic heterocycles. The molecule has 0 unspecified atom stereocenters. The number of aliphatic carboxylic acids is 2. The molecule has 0 aliphatic heterocycles. The third-order valence-corrected chi connectivity index (χ3v) is 3.47. The topological polar surface area (TPSA) is 179 Å². The maximum atomic E-state index is 12.2. The lowest BCUT2D eigenvalue weighted by Crippen LogP contribution is -2.54. The first-order chi connectivity index (χ1) is 12.1. The van der Waals surface area contributed by atoms with Crippen molar-refractivity contribution in [2.45, 2.75) is 37.9 Å². The lowest BCUT2D eigenvalue weighted by Gasteiger charge is -2.20. The molecule has 10 nitrogen and oxygen atoms in total. The number of nitrogens with two attached hydrogens (primary N) is 1. The van der Waals surface area contributed by atoms with Crippen molar-refractivity contribution in [2.24, 2.45) is 5.73 Å². The quantitative estimate of drug-likeness (QED) is 0.315. The van der Waals surface area contributed by atoms with Gasteiger partial charge in [0, 0.05) is 0 Å². The van der Waals surface area contributed by atoms with E-state index in [1.54, 1.807) is 12.1 Å². The highest BCUT2D eigenvalue weighted by Crippen LogP contribution is 2.11. The number of aromatic hydroxyl groups is 1. The monoisotopic (exact) mass is 367 g/mol. The van der Waals surface area contributed by atoms with Gasteiger partial charge in [0.15, 0.2) is 0 Å². The lowest BCUT2D eigenvalue weighted by molar-refractivity contribution is -0.143. The molecule has 0 aliphatic rings. The number of carboxylic acid groups (broad SMARTS) is 2. The Morgan fingerprint density at radius 1 is 1.04 bits per heavy atom. The Kier molecular flexibility index (Phi) is 7.53. The maximum absolute atomic E-state index is 12.2. The minimum atomic E-state index is -1.47. The van der Waals surface area contributed by atoms with Crippen LogP contribution in [0.15, 0.2) is 24.3 Å². The zero-order chi connectivity index (χ0) is 19.9. The summed E-state index contributed by atoms with van der Waals surface area (Å²) in [5.41, 5.74) is 6.42. The second-order valence-corrected chi connectivity index (χ2v) is 5.70. The second kappa shape index (κ2) is 9.37. The Bertz CT molecular complexity index is 675. The first kappa shape index (κ1) is 20.9. The molecule has 2 amide bonds. The first-order valence-corrected chi connectivity index (χ1v) is 7.69. The largest absolute Gasteiger partial charge is 0.508 e.